The van der Waals surface area contributed by atoms with Gasteiger partial charge in [-0.3, -0.25) is 33.8 Å². The second-order valence-electron chi connectivity index (χ2n) is 10.0. The number of aromatic nitrogens is 1. The van der Waals surface area contributed by atoms with E-state index in [-0.39, 0.29) is 31.9 Å². The molecule has 1 heterocycles. The standard InChI is InChI=1S/C27H41N11O6/c1-14(35-21(39)11-28)24(42)34-13-22(40)37-20(10-16-12-33-18-7-4-3-6-17(16)18)26(44)36-15(2)25(43)38-19(23(29)41)8-5-9-32-27(30)31/h3-4,6-7,12,14-15,19-20,33H,5,8-11,13,28H2,1-2H3,(H2,29,41)(H,34,42)(H,35,39)(H,36,44)(H,37,40)(H,38,43)(H4,30,31,32)/t14-,15-,19-,20-/m0/s1. The molecule has 14 N–H and O–H groups in total. The molecule has 0 spiro atoms. The minimum absolute atomic E-state index is 0.0432. The lowest BCUT2D eigenvalue weighted by Crippen LogP contribution is -2.56. The van der Waals surface area contributed by atoms with Crippen LogP contribution in [-0.2, 0) is 35.2 Å². The van der Waals surface area contributed by atoms with Crippen LogP contribution >= 0.6 is 0 Å². The Morgan fingerprint density at radius 3 is 2.18 bits per heavy atom. The fraction of sp³-hybridized carbons (Fsp3) is 0.444. The first kappa shape index (κ1) is 35.0. The van der Waals surface area contributed by atoms with Crippen LogP contribution in [0.15, 0.2) is 35.5 Å². The maximum absolute atomic E-state index is 13.4. The number of nitrogens with one attached hydrogen (secondary N) is 6. The van der Waals surface area contributed by atoms with Gasteiger partial charge < -0.3 is 54.5 Å². The SMILES string of the molecule is C[C@H](NC(=O)CN)C(=O)NCC(=O)N[C@@H](Cc1c[nH]c2ccccc12)C(=O)N[C@@H](C)C(=O)N[C@@H](CCCN=C(N)N)C(N)=O. The summed E-state index contributed by atoms with van der Waals surface area (Å²) in [5, 5.41) is 13.2. The highest BCUT2D eigenvalue weighted by atomic mass is 16.2. The molecule has 4 atom stereocenters. The van der Waals surface area contributed by atoms with Crippen LogP contribution < -0.4 is 49.5 Å². The van der Waals surface area contributed by atoms with Gasteiger partial charge >= 0.3 is 0 Å². The molecule has 17 heteroatoms. The number of guanidine groups is 1. The lowest BCUT2D eigenvalue weighted by molar-refractivity contribution is -0.133. The molecule has 0 saturated heterocycles. The smallest absolute Gasteiger partial charge is 0.243 e. The molecule has 2 rings (SSSR count). The van der Waals surface area contributed by atoms with Crippen LogP contribution in [0.1, 0.15) is 32.3 Å². The van der Waals surface area contributed by atoms with Crippen molar-refractivity contribution in [1.82, 2.24) is 31.6 Å². The highest BCUT2D eigenvalue weighted by molar-refractivity contribution is 5.95. The van der Waals surface area contributed by atoms with Gasteiger partial charge in [0.05, 0.1) is 13.1 Å². The van der Waals surface area contributed by atoms with Crippen LogP contribution in [0.3, 0.4) is 0 Å². The van der Waals surface area contributed by atoms with E-state index < -0.39 is 66.2 Å². The largest absolute Gasteiger partial charge is 0.370 e. The number of hydrogen-bond donors (Lipinski definition) is 10. The molecule has 240 valence electrons. The zero-order chi connectivity index (χ0) is 32.8. The van der Waals surface area contributed by atoms with Crippen molar-refractivity contribution in [3.8, 4) is 0 Å². The van der Waals surface area contributed by atoms with Gasteiger partial charge in [0, 0.05) is 30.1 Å². The van der Waals surface area contributed by atoms with Crippen molar-refractivity contribution in [2.75, 3.05) is 19.6 Å². The average molecular weight is 616 g/mol. The van der Waals surface area contributed by atoms with Crippen molar-refractivity contribution in [2.45, 2.75) is 57.3 Å². The first-order valence-corrected chi connectivity index (χ1v) is 13.9. The van der Waals surface area contributed by atoms with Gasteiger partial charge in [0.15, 0.2) is 5.96 Å². The fourth-order valence-corrected chi connectivity index (χ4v) is 4.13. The number of nitrogens with two attached hydrogens (primary N) is 4. The highest BCUT2D eigenvalue weighted by Gasteiger charge is 2.28. The number of aromatic amines is 1. The van der Waals surface area contributed by atoms with Gasteiger partial charge in [-0.15, -0.1) is 0 Å². The predicted octanol–water partition coefficient (Wildman–Crippen LogP) is -3.70. The van der Waals surface area contributed by atoms with E-state index in [4.69, 9.17) is 22.9 Å². The van der Waals surface area contributed by atoms with Crippen molar-refractivity contribution in [2.24, 2.45) is 27.9 Å². The average Bonchev–Trinajstić information content (AvgIpc) is 3.39. The molecule has 0 aliphatic rings. The van der Waals surface area contributed by atoms with Gasteiger partial charge in [0.1, 0.15) is 24.2 Å². The van der Waals surface area contributed by atoms with Crippen LogP contribution in [0.4, 0.5) is 0 Å². The summed E-state index contributed by atoms with van der Waals surface area (Å²) in [5.41, 5.74) is 22.8. The van der Waals surface area contributed by atoms with Crippen LogP contribution in [0.25, 0.3) is 10.9 Å². The number of hydrogen-bond acceptors (Lipinski definition) is 8. The monoisotopic (exact) mass is 615 g/mol. The lowest BCUT2D eigenvalue weighted by atomic mass is 10.0. The Bertz CT molecular complexity index is 1370. The van der Waals surface area contributed by atoms with Gasteiger partial charge in [0.25, 0.3) is 0 Å². The summed E-state index contributed by atoms with van der Waals surface area (Å²) in [5.74, 6) is -4.12. The highest BCUT2D eigenvalue weighted by Crippen LogP contribution is 2.19. The number of aliphatic imine (C=N–C) groups is 1. The van der Waals surface area contributed by atoms with Gasteiger partial charge in [0.2, 0.25) is 35.4 Å². The van der Waals surface area contributed by atoms with Crippen LogP contribution in [0.5, 0.6) is 0 Å². The van der Waals surface area contributed by atoms with E-state index in [2.05, 4.69) is 36.6 Å². The van der Waals surface area contributed by atoms with E-state index >= 15 is 0 Å². The summed E-state index contributed by atoms with van der Waals surface area (Å²) in [6.45, 7) is 2.27. The molecule has 6 amide bonds. The number of nitrogens with zero attached hydrogens (tertiary/aromatic N) is 1. The molecule has 44 heavy (non-hydrogen) atoms. The third-order valence-electron chi connectivity index (χ3n) is 6.49. The third-order valence-corrected chi connectivity index (χ3v) is 6.49. The Kier molecular flexibility index (Phi) is 13.6. The molecule has 0 aliphatic carbocycles. The maximum atomic E-state index is 13.4. The summed E-state index contributed by atoms with van der Waals surface area (Å²) in [4.78, 5) is 81.5. The summed E-state index contributed by atoms with van der Waals surface area (Å²) in [7, 11) is 0. The van der Waals surface area contributed by atoms with Crippen molar-refractivity contribution in [3.63, 3.8) is 0 Å². The molecule has 0 aliphatic heterocycles. The molecule has 0 unspecified atom stereocenters. The Balaban J connectivity index is 2.10. The van der Waals surface area contributed by atoms with Gasteiger partial charge in [-0.1, -0.05) is 18.2 Å². The summed E-state index contributed by atoms with van der Waals surface area (Å²) >= 11 is 0. The molecule has 17 nitrogen and oxygen atoms in total. The first-order valence-electron chi connectivity index (χ1n) is 13.9. The number of H-pyrrole nitrogens is 1. The Hall–Kier alpha value is -5.19. The molecule has 0 saturated carbocycles. The molecule has 1 aromatic carbocycles. The number of carbonyl (C=O) groups is 6. The molecule has 1 aromatic heterocycles. The zero-order valence-electron chi connectivity index (χ0n) is 24.6. The number of benzene rings is 1. The molecule has 0 bridgehead atoms. The molecule has 0 radical (unpaired) electrons. The number of amides is 6. The first-order chi connectivity index (χ1) is 20.8. The number of para-hydroxylation sites is 1. The number of primary amides is 1. The summed E-state index contributed by atoms with van der Waals surface area (Å²) < 4.78 is 0. The minimum Gasteiger partial charge on any atom is -0.370 e. The second-order valence-corrected chi connectivity index (χ2v) is 10.0. The Morgan fingerprint density at radius 1 is 0.841 bits per heavy atom. The normalized spacial score (nSPS) is 13.4. The minimum atomic E-state index is -1.16. The molecule has 0 fully saturated rings. The van der Waals surface area contributed by atoms with E-state index in [1.807, 2.05) is 24.3 Å². The third kappa shape index (κ3) is 11.2. The van der Waals surface area contributed by atoms with Crippen molar-refractivity contribution >= 4 is 52.3 Å². The van der Waals surface area contributed by atoms with Gasteiger partial charge in [-0.25, -0.2) is 0 Å². The number of carbonyl (C=O) groups excluding carboxylic acids is 6. The fourth-order valence-electron chi connectivity index (χ4n) is 4.13. The van der Waals surface area contributed by atoms with Gasteiger partial charge in [-0.05, 0) is 38.3 Å². The van der Waals surface area contributed by atoms with Crippen molar-refractivity contribution in [3.05, 3.63) is 36.0 Å². The molecule has 2 aromatic rings. The quantitative estimate of drug-likeness (QED) is 0.0475. The van der Waals surface area contributed by atoms with E-state index in [1.165, 1.54) is 13.8 Å². The van der Waals surface area contributed by atoms with E-state index in [9.17, 15) is 28.8 Å². The summed E-state index contributed by atoms with van der Waals surface area (Å²) in [6.07, 6.45) is 2.27. The zero-order valence-corrected chi connectivity index (χ0v) is 24.6. The second kappa shape index (κ2) is 17.1. The molecular weight excluding hydrogens is 574 g/mol. The van der Waals surface area contributed by atoms with Crippen LogP contribution in [-0.4, -0.2) is 90.2 Å². The van der Waals surface area contributed by atoms with E-state index in [0.717, 1.165) is 16.5 Å². The van der Waals surface area contributed by atoms with Gasteiger partial charge in [-0.2, -0.15) is 0 Å². The van der Waals surface area contributed by atoms with Crippen LogP contribution in [0.2, 0.25) is 0 Å². The Morgan fingerprint density at radius 2 is 1.52 bits per heavy atom. The van der Waals surface area contributed by atoms with Crippen LogP contribution in [0, 0.1) is 0 Å². The topological polar surface area (TPSA) is 295 Å². The molecular formula is C27H41N11O6. The predicted molar refractivity (Wildman–Crippen MR) is 162 cm³/mol. The van der Waals surface area contributed by atoms with E-state index in [0.29, 0.717) is 6.42 Å². The van der Waals surface area contributed by atoms with E-state index in [1.54, 1.807) is 6.20 Å². The van der Waals surface area contributed by atoms with Crippen molar-refractivity contribution in [1.29, 1.82) is 0 Å². The Labute approximate surface area is 253 Å². The summed E-state index contributed by atoms with van der Waals surface area (Å²) in [6, 6.07) is 3.12. The maximum Gasteiger partial charge on any atom is 0.243 e. The number of fused-ring (bicyclic) bond motifs is 1. The number of rotatable bonds is 17. The van der Waals surface area contributed by atoms with Crippen molar-refractivity contribution < 1.29 is 28.8 Å². The lowest BCUT2D eigenvalue weighted by Gasteiger charge is -2.23.